The maximum Gasteiger partial charge on any atom is 0.244 e. The smallest absolute Gasteiger partial charge is 0.244 e. The molecule has 1 aromatic rings. The van der Waals surface area contributed by atoms with E-state index in [4.69, 9.17) is 0 Å². The van der Waals surface area contributed by atoms with E-state index in [1.807, 2.05) is 32.9 Å². The SMILES string of the molecule is CCNCc1ccc(Br)c(S(=O)(=O)N2CCCC2(C)C)c1. The number of sulfonamides is 1. The van der Waals surface area contributed by atoms with Gasteiger partial charge in [-0.1, -0.05) is 13.0 Å². The average molecular weight is 375 g/mol. The number of nitrogens with zero attached hydrogens (tertiary/aromatic N) is 1. The highest BCUT2D eigenvalue weighted by Gasteiger charge is 2.41. The van der Waals surface area contributed by atoms with Crippen LogP contribution in [-0.2, 0) is 16.6 Å². The van der Waals surface area contributed by atoms with Crippen LogP contribution in [0.25, 0.3) is 0 Å². The van der Waals surface area contributed by atoms with E-state index >= 15 is 0 Å². The van der Waals surface area contributed by atoms with E-state index in [9.17, 15) is 8.42 Å². The van der Waals surface area contributed by atoms with E-state index in [1.54, 1.807) is 10.4 Å². The van der Waals surface area contributed by atoms with Crippen molar-refractivity contribution in [3.63, 3.8) is 0 Å². The van der Waals surface area contributed by atoms with Crippen molar-refractivity contribution in [1.82, 2.24) is 9.62 Å². The molecule has 0 spiro atoms. The van der Waals surface area contributed by atoms with Gasteiger partial charge in [0.1, 0.15) is 0 Å². The van der Waals surface area contributed by atoms with Gasteiger partial charge in [-0.25, -0.2) is 8.42 Å². The minimum atomic E-state index is -3.47. The van der Waals surface area contributed by atoms with Crippen molar-refractivity contribution in [2.75, 3.05) is 13.1 Å². The molecule has 2 rings (SSSR count). The molecular weight excluding hydrogens is 352 g/mol. The third-order valence-electron chi connectivity index (χ3n) is 3.97. The minimum absolute atomic E-state index is 0.310. The fraction of sp³-hybridized carbons (Fsp3) is 0.600. The molecule has 0 radical (unpaired) electrons. The fourth-order valence-corrected chi connectivity index (χ4v) is 5.60. The van der Waals surface area contributed by atoms with Crippen molar-refractivity contribution in [3.8, 4) is 0 Å². The molecule has 1 saturated heterocycles. The zero-order chi connectivity index (χ0) is 15.7. The quantitative estimate of drug-likeness (QED) is 0.860. The molecule has 1 fully saturated rings. The number of nitrogens with one attached hydrogen (secondary N) is 1. The summed E-state index contributed by atoms with van der Waals surface area (Å²) in [6.45, 7) is 8.15. The van der Waals surface area contributed by atoms with Crippen molar-refractivity contribution >= 4 is 26.0 Å². The highest BCUT2D eigenvalue weighted by molar-refractivity contribution is 9.10. The van der Waals surface area contributed by atoms with E-state index in [1.165, 1.54) is 0 Å². The summed E-state index contributed by atoms with van der Waals surface area (Å²) in [6, 6.07) is 5.54. The first-order valence-corrected chi connectivity index (χ1v) is 9.54. The van der Waals surface area contributed by atoms with Crippen LogP contribution < -0.4 is 5.32 Å². The van der Waals surface area contributed by atoms with Gasteiger partial charge < -0.3 is 5.32 Å². The molecule has 0 aliphatic carbocycles. The molecule has 1 N–H and O–H groups in total. The van der Waals surface area contributed by atoms with Crippen LogP contribution in [0.5, 0.6) is 0 Å². The van der Waals surface area contributed by atoms with Gasteiger partial charge in [0.25, 0.3) is 0 Å². The second-order valence-corrected chi connectivity index (χ2v) is 8.72. The van der Waals surface area contributed by atoms with Crippen molar-refractivity contribution in [2.45, 2.75) is 50.6 Å². The molecule has 1 aromatic carbocycles. The largest absolute Gasteiger partial charge is 0.313 e. The Labute approximate surface area is 136 Å². The van der Waals surface area contributed by atoms with Crippen molar-refractivity contribution in [2.24, 2.45) is 0 Å². The van der Waals surface area contributed by atoms with E-state index < -0.39 is 10.0 Å². The molecule has 0 atom stereocenters. The standard InChI is InChI=1S/C15H23BrN2O2S/c1-4-17-11-12-6-7-13(16)14(10-12)21(19,20)18-9-5-8-15(18,2)3/h6-7,10,17H,4-5,8-9,11H2,1-3H3. The molecule has 0 aromatic heterocycles. The predicted molar refractivity (Wildman–Crippen MR) is 88.7 cm³/mol. The monoisotopic (exact) mass is 374 g/mol. The molecular formula is C15H23BrN2O2S. The van der Waals surface area contributed by atoms with E-state index in [0.717, 1.165) is 24.9 Å². The zero-order valence-corrected chi connectivity index (χ0v) is 15.2. The van der Waals surface area contributed by atoms with Crippen LogP contribution in [0.2, 0.25) is 0 Å². The minimum Gasteiger partial charge on any atom is -0.313 e. The number of halogens is 1. The third kappa shape index (κ3) is 3.50. The molecule has 0 unspecified atom stereocenters. The topological polar surface area (TPSA) is 49.4 Å². The summed E-state index contributed by atoms with van der Waals surface area (Å²) < 4.78 is 28.2. The fourth-order valence-electron chi connectivity index (χ4n) is 2.77. The van der Waals surface area contributed by atoms with Gasteiger partial charge in [-0.2, -0.15) is 4.31 Å². The number of hydrogen-bond donors (Lipinski definition) is 1. The van der Waals surface area contributed by atoms with Crippen molar-refractivity contribution in [3.05, 3.63) is 28.2 Å². The molecule has 21 heavy (non-hydrogen) atoms. The lowest BCUT2D eigenvalue weighted by Crippen LogP contribution is -2.42. The lowest BCUT2D eigenvalue weighted by atomic mass is 10.0. The number of hydrogen-bond acceptors (Lipinski definition) is 3. The van der Waals surface area contributed by atoms with Gasteiger partial charge in [-0.3, -0.25) is 0 Å². The Morgan fingerprint density at radius 2 is 2.10 bits per heavy atom. The summed E-state index contributed by atoms with van der Waals surface area (Å²) in [5, 5.41) is 3.22. The van der Waals surface area contributed by atoms with Crippen LogP contribution in [-0.4, -0.2) is 31.4 Å². The van der Waals surface area contributed by atoms with Gasteiger partial charge in [0.2, 0.25) is 10.0 Å². The third-order valence-corrected chi connectivity index (χ3v) is 7.07. The Balaban J connectivity index is 2.40. The second kappa shape index (κ2) is 6.36. The normalized spacial score (nSPS) is 19.0. The van der Waals surface area contributed by atoms with Gasteiger partial charge >= 0.3 is 0 Å². The van der Waals surface area contributed by atoms with Gasteiger partial charge in [0, 0.05) is 23.1 Å². The highest BCUT2D eigenvalue weighted by Crippen LogP contribution is 2.36. The second-order valence-electron chi connectivity index (χ2n) is 6.04. The van der Waals surface area contributed by atoms with Gasteiger partial charge in [0.05, 0.1) is 4.90 Å². The van der Waals surface area contributed by atoms with Gasteiger partial charge in [-0.15, -0.1) is 0 Å². The molecule has 0 amide bonds. The Kier molecular flexibility index (Phi) is 5.13. The van der Waals surface area contributed by atoms with Crippen molar-refractivity contribution in [1.29, 1.82) is 0 Å². The van der Waals surface area contributed by atoms with E-state index in [2.05, 4.69) is 21.2 Å². The molecule has 6 heteroatoms. The van der Waals surface area contributed by atoms with Gasteiger partial charge in [-0.05, 0) is 66.9 Å². The lowest BCUT2D eigenvalue weighted by Gasteiger charge is -2.31. The summed E-state index contributed by atoms with van der Waals surface area (Å²) in [4.78, 5) is 0.368. The summed E-state index contributed by atoms with van der Waals surface area (Å²) in [5.41, 5.74) is 0.672. The summed E-state index contributed by atoms with van der Waals surface area (Å²) >= 11 is 3.39. The Bertz CT molecular complexity index is 614. The molecule has 118 valence electrons. The summed E-state index contributed by atoms with van der Waals surface area (Å²) in [5.74, 6) is 0. The van der Waals surface area contributed by atoms with Crippen LogP contribution in [0, 0.1) is 0 Å². The van der Waals surface area contributed by atoms with Crippen LogP contribution in [0.1, 0.15) is 39.2 Å². The predicted octanol–water partition coefficient (Wildman–Crippen LogP) is 3.12. The molecule has 1 heterocycles. The maximum absolute atomic E-state index is 13.0. The number of benzene rings is 1. The Morgan fingerprint density at radius 1 is 1.38 bits per heavy atom. The molecule has 4 nitrogen and oxygen atoms in total. The Hall–Kier alpha value is -0.430. The molecule has 1 aliphatic heterocycles. The van der Waals surface area contributed by atoms with Crippen LogP contribution in [0.4, 0.5) is 0 Å². The number of rotatable bonds is 5. The van der Waals surface area contributed by atoms with Crippen LogP contribution >= 0.6 is 15.9 Å². The van der Waals surface area contributed by atoms with Crippen LogP contribution in [0.15, 0.2) is 27.6 Å². The lowest BCUT2D eigenvalue weighted by molar-refractivity contribution is 0.291. The first kappa shape index (κ1) is 16.9. The van der Waals surface area contributed by atoms with Crippen molar-refractivity contribution < 1.29 is 8.42 Å². The van der Waals surface area contributed by atoms with Gasteiger partial charge in [0.15, 0.2) is 0 Å². The Morgan fingerprint density at radius 3 is 2.67 bits per heavy atom. The summed E-state index contributed by atoms with van der Waals surface area (Å²) in [6.07, 6.45) is 1.82. The summed E-state index contributed by atoms with van der Waals surface area (Å²) in [7, 11) is -3.47. The molecule has 0 bridgehead atoms. The average Bonchev–Trinajstić information content (AvgIpc) is 2.78. The molecule has 1 aliphatic rings. The zero-order valence-electron chi connectivity index (χ0n) is 12.8. The first-order chi connectivity index (χ1) is 9.79. The highest BCUT2D eigenvalue weighted by atomic mass is 79.9. The van der Waals surface area contributed by atoms with Crippen LogP contribution in [0.3, 0.4) is 0 Å². The maximum atomic E-state index is 13.0. The molecule has 0 saturated carbocycles. The first-order valence-electron chi connectivity index (χ1n) is 7.31. The van der Waals surface area contributed by atoms with E-state index in [0.29, 0.717) is 22.5 Å². The van der Waals surface area contributed by atoms with E-state index in [-0.39, 0.29) is 5.54 Å².